The van der Waals surface area contributed by atoms with Crippen LogP contribution in [0, 0.1) is 5.92 Å². The van der Waals surface area contributed by atoms with Gasteiger partial charge in [-0.1, -0.05) is 25.1 Å². The lowest BCUT2D eigenvalue weighted by Gasteiger charge is -2.13. The summed E-state index contributed by atoms with van der Waals surface area (Å²) in [7, 11) is 0. The zero-order valence-electron chi connectivity index (χ0n) is 11.0. The number of hydrogen-bond acceptors (Lipinski definition) is 2. The molecule has 0 aliphatic rings. The minimum atomic E-state index is 0.122. The molecule has 0 saturated heterocycles. The van der Waals surface area contributed by atoms with Crippen molar-refractivity contribution >= 4 is 10.9 Å². The van der Waals surface area contributed by atoms with E-state index in [0.717, 1.165) is 22.9 Å². The van der Waals surface area contributed by atoms with Crippen LogP contribution in [-0.4, -0.2) is 11.1 Å². The minimum Gasteiger partial charge on any atom is -0.330 e. The van der Waals surface area contributed by atoms with Gasteiger partial charge in [-0.3, -0.25) is 4.79 Å². The van der Waals surface area contributed by atoms with Gasteiger partial charge in [0.2, 0.25) is 0 Å². The number of fused-ring (bicyclic) bond motifs is 1. The number of para-hydroxylation sites is 1. The topological polar surface area (TPSA) is 48.0 Å². The number of nitrogens with two attached hydrogens (primary N) is 1. The van der Waals surface area contributed by atoms with Crippen LogP contribution in [-0.2, 0) is 13.0 Å². The normalized spacial score (nSPS) is 12.8. The molecule has 2 N–H and O–H groups in total. The average Bonchev–Trinajstić information content (AvgIpc) is 2.39. The highest BCUT2D eigenvalue weighted by Gasteiger charge is 2.10. The van der Waals surface area contributed by atoms with Gasteiger partial charge in [0.25, 0.3) is 5.56 Å². The third-order valence-corrected chi connectivity index (χ3v) is 3.36. The lowest BCUT2D eigenvalue weighted by Crippen LogP contribution is -2.26. The summed E-state index contributed by atoms with van der Waals surface area (Å²) >= 11 is 0. The number of pyridine rings is 1. The Morgan fingerprint density at radius 1 is 1.33 bits per heavy atom. The van der Waals surface area contributed by atoms with E-state index in [1.165, 1.54) is 0 Å². The molecular weight excluding hydrogens is 224 g/mol. The fraction of sp³-hybridized carbons (Fsp3) is 0.400. The second kappa shape index (κ2) is 5.36. The molecule has 0 aliphatic carbocycles. The lowest BCUT2D eigenvalue weighted by molar-refractivity contribution is 0.585. The summed E-state index contributed by atoms with van der Waals surface area (Å²) in [6, 6.07) is 10.0. The molecule has 0 amide bonds. The van der Waals surface area contributed by atoms with Crippen LogP contribution in [0.25, 0.3) is 10.9 Å². The molecule has 0 fully saturated rings. The molecule has 1 atom stereocenters. The summed E-state index contributed by atoms with van der Waals surface area (Å²) in [5.74, 6) is 0.337. The Morgan fingerprint density at radius 3 is 2.72 bits per heavy atom. The van der Waals surface area contributed by atoms with E-state index < -0.39 is 0 Å². The first-order chi connectivity index (χ1) is 8.67. The van der Waals surface area contributed by atoms with E-state index in [9.17, 15) is 4.79 Å². The largest absolute Gasteiger partial charge is 0.330 e. The molecule has 0 spiro atoms. The van der Waals surface area contributed by atoms with Crippen molar-refractivity contribution in [3.63, 3.8) is 0 Å². The van der Waals surface area contributed by atoms with Crippen LogP contribution in [0.5, 0.6) is 0 Å². The van der Waals surface area contributed by atoms with E-state index in [4.69, 9.17) is 5.73 Å². The van der Waals surface area contributed by atoms with Crippen LogP contribution in [0.4, 0.5) is 0 Å². The summed E-state index contributed by atoms with van der Waals surface area (Å²) in [5, 5.41) is 1.12. The predicted octanol–water partition coefficient (Wildman–Crippen LogP) is 2.16. The molecule has 0 radical (unpaired) electrons. The Balaban J connectivity index is 2.61. The summed E-state index contributed by atoms with van der Waals surface area (Å²) in [6.45, 7) is 5.39. The van der Waals surface area contributed by atoms with E-state index in [0.29, 0.717) is 19.0 Å². The van der Waals surface area contributed by atoms with Crippen LogP contribution in [0.2, 0.25) is 0 Å². The number of benzene rings is 1. The van der Waals surface area contributed by atoms with Crippen LogP contribution in [0.1, 0.15) is 19.4 Å². The molecule has 2 rings (SSSR count). The van der Waals surface area contributed by atoms with E-state index >= 15 is 0 Å². The Labute approximate surface area is 107 Å². The first-order valence-electron chi connectivity index (χ1n) is 6.49. The summed E-state index contributed by atoms with van der Waals surface area (Å²) in [4.78, 5) is 12.4. The van der Waals surface area contributed by atoms with Crippen molar-refractivity contribution in [1.82, 2.24) is 4.57 Å². The molecule has 1 aromatic carbocycles. The molecule has 2 aromatic rings. The average molecular weight is 244 g/mol. The molecule has 18 heavy (non-hydrogen) atoms. The Morgan fingerprint density at radius 2 is 2.06 bits per heavy atom. The molecule has 1 unspecified atom stereocenters. The first-order valence-corrected chi connectivity index (χ1v) is 6.49. The van der Waals surface area contributed by atoms with Gasteiger partial charge in [0, 0.05) is 12.1 Å². The van der Waals surface area contributed by atoms with Crippen molar-refractivity contribution < 1.29 is 0 Å². The van der Waals surface area contributed by atoms with Gasteiger partial charge in [0.15, 0.2) is 0 Å². The van der Waals surface area contributed by atoms with Gasteiger partial charge in [-0.15, -0.1) is 0 Å². The maximum atomic E-state index is 12.4. The van der Waals surface area contributed by atoms with Crippen molar-refractivity contribution in [2.45, 2.75) is 26.8 Å². The standard InChI is InChI=1S/C15H20N2O/c1-3-17-14-7-5-4-6-12(14)9-13(15(17)18)8-11(2)10-16/h4-7,9,11H,3,8,10,16H2,1-2H3. The minimum absolute atomic E-state index is 0.122. The summed E-state index contributed by atoms with van der Waals surface area (Å²) in [5.41, 5.74) is 7.64. The fourth-order valence-electron chi connectivity index (χ4n) is 2.31. The van der Waals surface area contributed by atoms with Gasteiger partial charge in [0.05, 0.1) is 5.52 Å². The monoisotopic (exact) mass is 244 g/mol. The van der Waals surface area contributed by atoms with Crippen LogP contribution < -0.4 is 11.3 Å². The van der Waals surface area contributed by atoms with Crippen LogP contribution in [0.3, 0.4) is 0 Å². The van der Waals surface area contributed by atoms with E-state index in [2.05, 4.69) is 13.0 Å². The van der Waals surface area contributed by atoms with Gasteiger partial charge in [-0.25, -0.2) is 0 Å². The predicted molar refractivity (Wildman–Crippen MR) is 75.8 cm³/mol. The zero-order chi connectivity index (χ0) is 13.1. The highest BCUT2D eigenvalue weighted by atomic mass is 16.1. The molecule has 0 aliphatic heterocycles. The van der Waals surface area contributed by atoms with Crippen molar-refractivity contribution in [3.8, 4) is 0 Å². The van der Waals surface area contributed by atoms with Crippen molar-refractivity contribution in [1.29, 1.82) is 0 Å². The lowest BCUT2D eigenvalue weighted by atomic mass is 10.0. The molecule has 0 bridgehead atoms. The second-order valence-electron chi connectivity index (χ2n) is 4.82. The molecule has 1 aromatic heterocycles. The van der Waals surface area contributed by atoms with E-state index in [-0.39, 0.29) is 5.56 Å². The highest BCUT2D eigenvalue weighted by molar-refractivity contribution is 5.79. The molecule has 3 nitrogen and oxygen atoms in total. The van der Waals surface area contributed by atoms with Crippen LogP contribution in [0.15, 0.2) is 35.1 Å². The van der Waals surface area contributed by atoms with Gasteiger partial charge < -0.3 is 10.3 Å². The number of aromatic nitrogens is 1. The number of aryl methyl sites for hydroxylation is 1. The molecule has 96 valence electrons. The van der Waals surface area contributed by atoms with Gasteiger partial charge >= 0.3 is 0 Å². The second-order valence-corrected chi connectivity index (χ2v) is 4.82. The Bertz CT molecular complexity index is 601. The number of rotatable bonds is 4. The quantitative estimate of drug-likeness (QED) is 0.896. The van der Waals surface area contributed by atoms with Gasteiger partial charge in [-0.05, 0) is 43.3 Å². The maximum Gasteiger partial charge on any atom is 0.254 e. The third kappa shape index (κ3) is 2.31. The van der Waals surface area contributed by atoms with Crippen molar-refractivity contribution in [2.75, 3.05) is 6.54 Å². The maximum absolute atomic E-state index is 12.4. The first kappa shape index (κ1) is 12.8. The van der Waals surface area contributed by atoms with Gasteiger partial charge in [0.1, 0.15) is 0 Å². The summed E-state index contributed by atoms with van der Waals surface area (Å²) < 4.78 is 1.84. The van der Waals surface area contributed by atoms with Crippen molar-refractivity contribution in [3.05, 3.63) is 46.2 Å². The van der Waals surface area contributed by atoms with E-state index in [1.54, 1.807) is 0 Å². The zero-order valence-corrected chi connectivity index (χ0v) is 11.0. The van der Waals surface area contributed by atoms with Crippen LogP contribution >= 0.6 is 0 Å². The SMILES string of the molecule is CCn1c(=O)c(CC(C)CN)cc2ccccc21. The molecule has 3 heteroatoms. The molecule has 0 saturated carbocycles. The Hall–Kier alpha value is -1.61. The fourth-order valence-corrected chi connectivity index (χ4v) is 2.31. The number of nitrogens with zero attached hydrogens (tertiary/aromatic N) is 1. The molecular formula is C15H20N2O. The smallest absolute Gasteiger partial charge is 0.254 e. The van der Waals surface area contributed by atoms with Gasteiger partial charge in [-0.2, -0.15) is 0 Å². The Kier molecular flexibility index (Phi) is 3.82. The summed E-state index contributed by atoms with van der Waals surface area (Å²) in [6.07, 6.45) is 0.750. The van der Waals surface area contributed by atoms with E-state index in [1.807, 2.05) is 35.8 Å². The molecule has 1 heterocycles. The highest BCUT2D eigenvalue weighted by Crippen LogP contribution is 2.15. The number of hydrogen-bond donors (Lipinski definition) is 1. The van der Waals surface area contributed by atoms with Crippen molar-refractivity contribution in [2.24, 2.45) is 11.7 Å². The third-order valence-electron chi connectivity index (χ3n) is 3.36.